The van der Waals surface area contributed by atoms with E-state index in [1.807, 2.05) is 50.2 Å². The van der Waals surface area contributed by atoms with Crippen LogP contribution >= 0.6 is 15.9 Å². The van der Waals surface area contributed by atoms with Gasteiger partial charge < -0.3 is 4.42 Å². The smallest absolute Gasteiger partial charge is 0.291 e. The minimum Gasteiger partial charge on any atom is -0.460 e. The minimum atomic E-state index is -0.391. The Morgan fingerprint density at radius 1 is 1.25 bits per heavy atom. The van der Waals surface area contributed by atoms with Gasteiger partial charge in [-0.05, 0) is 43.7 Å². The molecule has 2 aromatic heterocycles. The number of nitrogens with one attached hydrogen (secondary N) is 2. The lowest BCUT2D eigenvalue weighted by molar-refractivity contribution is 0.0950. The first-order valence-electron chi connectivity index (χ1n) is 7.26. The number of H-pyrrole nitrogens is 1. The lowest BCUT2D eigenvalue weighted by Crippen LogP contribution is -2.19. The third-order valence-electron chi connectivity index (χ3n) is 3.40. The Labute approximate surface area is 147 Å². The van der Waals surface area contributed by atoms with Gasteiger partial charge in [0.15, 0.2) is 11.5 Å². The molecule has 0 saturated heterocycles. The molecule has 6 nitrogen and oxygen atoms in total. The van der Waals surface area contributed by atoms with Crippen LogP contribution < -0.4 is 5.43 Å². The van der Waals surface area contributed by atoms with E-state index in [1.165, 1.54) is 0 Å². The molecule has 0 radical (unpaired) electrons. The van der Waals surface area contributed by atoms with Crippen molar-refractivity contribution in [2.24, 2.45) is 5.10 Å². The van der Waals surface area contributed by atoms with E-state index in [4.69, 9.17) is 4.42 Å². The van der Waals surface area contributed by atoms with Gasteiger partial charge in [0.2, 0.25) is 0 Å². The fourth-order valence-electron chi connectivity index (χ4n) is 2.09. The van der Waals surface area contributed by atoms with Crippen LogP contribution in [0.4, 0.5) is 0 Å². The normalized spacial score (nSPS) is 11.5. The van der Waals surface area contributed by atoms with Gasteiger partial charge in [-0.2, -0.15) is 10.2 Å². The van der Waals surface area contributed by atoms with E-state index >= 15 is 0 Å². The summed E-state index contributed by atoms with van der Waals surface area (Å²) in [5.41, 5.74) is 5.01. The average molecular weight is 387 g/mol. The molecule has 0 spiro atoms. The molecule has 2 heterocycles. The maximum Gasteiger partial charge on any atom is 0.291 e. The van der Waals surface area contributed by atoms with Crippen molar-refractivity contribution in [1.82, 2.24) is 15.6 Å². The number of aryl methyl sites for hydroxylation is 1. The second kappa shape index (κ2) is 6.84. The van der Waals surface area contributed by atoms with Gasteiger partial charge in [-0.1, -0.05) is 28.1 Å². The molecule has 1 amide bonds. The fourth-order valence-corrected chi connectivity index (χ4v) is 2.36. The van der Waals surface area contributed by atoms with Gasteiger partial charge in [0.25, 0.3) is 5.91 Å². The molecule has 122 valence electrons. The molecule has 24 heavy (non-hydrogen) atoms. The van der Waals surface area contributed by atoms with Crippen molar-refractivity contribution in [3.8, 4) is 11.5 Å². The summed E-state index contributed by atoms with van der Waals surface area (Å²) in [5, 5.41) is 10.9. The summed E-state index contributed by atoms with van der Waals surface area (Å²) in [6.45, 7) is 3.68. The number of benzene rings is 1. The fraction of sp³-hybridized carbons (Fsp3) is 0.118. The summed E-state index contributed by atoms with van der Waals surface area (Å²) in [6.07, 6.45) is 0. The first-order valence-corrected chi connectivity index (χ1v) is 8.05. The van der Waals surface area contributed by atoms with E-state index < -0.39 is 5.91 Å². The first-order chi connectivity index (χ1) is 11.5. The standard InChI is InChI=1S/C17H15BrN4O2/c1-10-3-8-16(24-10)14-9-15(21-20-14)17(23)22-19-11(2)12-4-6-13(18)7-5-12/h3-9H,1-2H3,(H,20,21)(H,22,23). The topological polar surface area (TPSA) is 83.3 Å². The Hall–Kier alpha value is -2.67. The van der Waals surface area contributed by atoms with Gasteiger partial charge in [-0.25, -0.2) is 5.43 Å². The number of aromatic nitrogens is 2. The number of rotatable bonds is 4. The summed E-state index contributed by atoms with van der Waals surface area (Å²) in [5.74, 6) is 1.03. The number of hydrazone groups is 1. The highest BCUT2D eigenvalue weighted by molar-refractivity contribution is 9.10. The van der Waals surface area contributed by atoms with E-state index in [0.717, 1.165) is 15.8 Å². The number of carbonyl (C=O) groups is 1. The van der Waals surface area contributed by atoms with Gasteiger partial charge >= 0.3 is 0 Å². The third-order valence-corrected chi connectivity index (χ3v) is 3.93. The number of aromatic amines is 1. The van der Waals surface area contributed by atoms with Gasteiger partial charge in [0, 0.05) is 10.5 Å². The molecular weight excluding hydrogens is 372 g/mol. The Morgan fingerprint density at radius 2 is 2.00 bits per heavy atom. The Balaban J connectivity index is 1.70. The predicted octanol–water partition coefficient (Wildman–Crippen LogP) is 3.89. The van der Waals surface area contributed by atoms with E-state index in [1.54, 1.807) is 6.07 Å². The van der Waals surface area contributed by atoms with Crippen LogP contribution in [0.5, 0.6) is 0 Å². The van der Waals surface area contributed by atoms with E-state index in [-0.39, 0.29) is 5.69 Å². The number of carbonyl (C=O) groups excluding carboxylic acids is 1. The molecule has 3 rings (SSSR count). The van der Waals surface area contributed by atoms with Crippen LogP contribution in [-0.2, 0) is 0 Å². The molecule has 2 N–H and O–H groups in total. The zero-order valence-corrected chi connectivity index (χ0v) is 14.7. The highest BCUT2D eigenvalue weighted by Crippen LogP contribution is 2.20. The molecule has 0 atom stereocenters. The van der Waals surface area contributed by atoms with Gasteiger partial charge in [-0.3, -0.25) is 9.89 Å². The van der Waals surface area contributed by atoms with Crippen molar-refractivity contribution in [3.05, 3.63) is 64.0 Å². The summed E-state index contributed by atoms with van der Waals surface area (Å²) in [6, 6.07) is 13.0. The number of amides is 1. The summed E-state index contributed by atoms with van der Waals surface area (Å²) in [7, 11) is 0. The Morgan fingerprint density at radius 3 is 2.67 bits per heavy atom. The molecule has 0 aliphatic carbocycles. The van der Waals surface area contributed by atoms with Crippen molar-refractivity contribution in [3.63, 3.8) is 0 Å². The van der Waals surface area contributed by atoms with Gasteiger partial charge in [0.1, 0.15) is 11.5 Å². The first kappa shape index (κ1) is 16.2. The van der Waals surface area contributed by atoms with Gasteiger partial charge in [0.05, 0.1) is 5.71 Å². The highest BCUT2D eigenvalue weighted by Gasteiger charge is 2.13. The molecule has 1 aromatic carbocycles. The SMILES string of the molecule is CC(=NNC(=O)c1cc(-c2ccc(C)o2)[nH]n1)c1ccc(Br)cc1. The number of hydrogen-bond acceptors (Lipinski definition) is 4. The number of furan rings is 1. The highest BCUT2D eigenvalue weighted by atomic mass is 79.9. The molecule has 0 aliphatic rings. The van der Waals surface area contributed by atoms with Crippen molar-refractivity contribution >= 4 is 27.5 Å². The molecule has 7 heteroatoms. The van der Waals surface area contributed by atoms with Crippen LogP contribution in [0.15, 0.2) is 56.5 Å². The third kappa shape index (κ3) is 3.62. The maximum atomic E-state index is 12.1. The number of halogens is 1. The Kier molecular flexibility index (Phi) is 4.61. The van der Waals surface area contributed by atoms with Crippen LogP contribution in [0.3, 0.4) is 0 Å². The Bertz CT molecular complexity index is 893. The quantitative estimate of drug-likeness (QED) is 0.526. The summed E-state index contributed by atoms with van der Waals surface area (Å²) >= 11 is 3.38. The van der Waals surface area contributed by atoms with Crippen LogP contribution in [0.1, 0.15) is 28.7 Å². The van der Waals surface area contributed by atoms with Gasteiger partial charge in [-0.15, -0.1) is 0 Å². The van der Waals surface area contributed by atoms with E-state index in [9.17, 15) is 4.79 Å². The van der Waals surface area contributed by atoms with Crippen molar-refractivity contribution in [1.29, 1.82) is 0 Å². The minimum absolute atomic E-state index is 0.242. The summed E-state index contributed by atoms with van der Waals surface area (Å²) < 4.78 is 6.48. The lowest BCUT2D eigenvalue weighted by Gasteiger charge is -2.01. The predicted molar refractivity (Wildman–Crippen MR) is 94.8 cm³/mol. The molecule has 0 bridgehead atoms. The largest absolute Gasteiger partial charge is 0.460 e. The molecule has 0 fully saturated rings. The molecule has 0 saturated carbocycles. The molecule has 0 aliphatic heterocycles. The van der Waals surface area contributed by atoms with Crippen LogP contribution in [0.2, 0.25) is 0 Å². The zero-order valence-electron chi connectivity index (χ0n) is 13.1. The maximum absolute atomic E-state index is 12.1. The number of hydrogen-bond donors (Lipinski definition) is 2. The second-order valence-corrected chi connectivity index (χ2v) is 6.14. The monoisotopic (exact) mass is 386 g/mol. The summed E-state index contributed by atoms with van der Waals surface area (Å²) in [4.78, 5) is 12.1. The lowest BCUT2D eigenvalue weighted by atomic mass is 10.1. The van der Waals surface area contributed by atoms with Crippen LogP contribution in [0.25, 0.3) is 11.5 Å². The van der Waals surface area contributed by atoms with Crippen molar-refractivity contribution in [2.75, 3.05) is 0 Å². The van der Waals surface area contributed by atoms with Crippen LogP contribution in [0, 0.1) is 6.92 Å². The van der Waals surface area contributed by atoms with Crippen molar-refractivity contribution < 1.29 is 9.21 Å². The van der Waals surface area contributed by atoms with Crippen molar-refractivity contribution in [2.45, 2.75) is 13.8 Å². The molecular formula is C17H15BrN4O2. The van der Waals surface area contributed by atoms with E-state index in [0.29, 0.717) is 17.2 Å². The average Bonchev–Trinajstić information content (AvgIpc) is 3.22. The molecule has 0 unspecified atom stereocenters. The second-order valence-electron chi connectivity index (χ2n) is 5.22. The van der Waals surface area contributed by atoms with Crippen LogP contribution in [-0.4, -0.2) is 21.8 Å². The van der Waals surface area contributed by atoms with E-state index in [2.05, 4.69) is 36.7 Å². The zero-order chi connectivity index (χ0) is 17.1. The number of nitrogens with zero attached hydrogens (tertiary/aromatic N) is 2. The molecule has 3 aromatic rings.